The van der Waals surface area contributed by atoms with Crippen LogP contribution in [0.1, 0.15) is 71.6 Å². The minimum atomic E-state index is 0.0502. The van der Waals surface area contributed by atoms with E-state index in [1.807, 2.05) is 0 Å². The van der Waals surface area contributed by atoms with Gasteiger partial charge in [0.1, 0.15) is 0 Å². The van der Waals surface area contributed by atoms with E-state index < -0.39 is 0 Å². The van der Waals surface area contributed by atoms with Crippen molar-refractivity contribution < 1.29 is 5.11 Å². The van der Waals surface area contributed by atoms with Crippen molar-refractivity contribution in [1.29, 1.82) is 0 Å². The third-order valence-electron chi connectivity index (χ3n) is 4.71. The lowest BCUT2D eigenvalue weighted by Gasteiger charge is -2.35. The summed E-state index contributed by atoms with van der Waals surface area (Å²) in [5.74, 6) is 0.436. The Morgan fingerprint density at radius 2 is 1.95 bits per heavy atom. The highest BCUT2D eigenvalue weighted by molar-refractivity contribution is 4.92. The number of aliphatic hydroxyl groups is 1. The topological polar surface area (TPSA) is 58.3 Å². The Hall–Kier alpha value is -0.120. The predicted molar refractivity (Wildman–Crippen MR) is 82.2 cm³/mol. The van der Waals surface area contributed by atoms with Crippen molar-refractivity contribution in [3.05, 3.63) is 0 Å². The molecule has 0 aliphatic heterocycles. The highest BCUT2D eigenvalue weighted by Gasteiger charge is 2.32. The van der Waals surface area contributed by atoms with Crippen LogP contribution in [0.25, 0.3) is 0 Å². The van der Waals surface area contributed by atoms with Crippen LogP contribution < -0.4 is 11.1 Å². The molecule has 0 aromatic heterocycles. The fourth-order valence-corrected chi connectivity index (χ4v) is 3.24. The molecule has 3 nitrogen and oxygen atoms in total. The number of hydrogen-bond donors (Lipinski definition) is 3. The standard InChI is InChI=1S/C16H34N2O/c1-3-4-5-6-7-11-16(2,13-17)18-15-10-8-9-14(15)12-19/h14-15,18-19H,3-13,17H2,1-2H3. The van der Waals surface area contributed by atoms with Gasteiger partial charge in [0.25, 0.3) is 0 Å². The van der Waals surface area contributed by atoms with E-state index in [1.165, 1.54) is 44.9 Å². The van der Waals surface area contributed by atoms with Gasteiger partial charge in [-0.25, -0.2) is 0 Å². The van der Waals surface area contributed by atoms with E-state index in [0.29, 0.717) is 25.1 Å². The average Bonchev–Trinajstić information content (AvgIpc) is 2.85. The van der Waals surface area contributed by atoms with Crippen LogP contribution in [0.5, 0.6) is 0 Å². The lowest BCUT2D eigenvalue weighted by atomic mass is 9.91. The van der Waals surface area contributed by atoms with Crippen LogP contribution in [0.3, 0.4) is 0 Å². The van der Waals surface area contributed by atoms with Crippen LogP contribution in [0, 0.1) is 5.92 Å². The first kappa shape index (κ1) is 16.9. The number of aliphatic hydroxyl groups excluding tert-OH is 1. The molecule has 1 saturated carbocycles. The van der Waals surface area contributed by atoms with Gasteiger partial charge in [0.15, 0.2) is 0 Å². The fraction of sp³-hybridized carbons (Fsp3) is 1.00. The molecule has 0 aromatic rings. The van der Waals surface area contributed by atoms with Crippen molar-refractivity contribution in [3.8, 4) is 0 Å². The zero-order chi connectivity index (χ0) is 14.1. The third kappa shape index (κ3) is 5.80. The van der Waals surface area contributed by atoms with E-state index in [-0.39, 0.29) is 5.54 Å². The summed E-state index contributed by atoms with van der Waals surface area (Å²) in [5, 5.41) is 13.2. The Bertz CT molecular complexity index is 235. The normalized spacial score (nSPS) is 26.5. The molecule has 3 heteroatoms. The molecule has 0 aromatic carbocycles. The second-order valence-electron chi connectivity index (χ2n) is 6.55. The first-order valence-electron chi connectivity index (χ1n) is 8.24. The molecule has 0 bridgehead atoms. The summed E-state index contributed by atoms with van der Waals surface area (Å²) in [6.07, 6.45) is 11.3. The molecule has 3 unspecified atom stereocenters. The summed E-state index contributed by atoms with van der Waals surface area (Å²) in [6.45, 7) is 5.50. The van der Waals surface area contributed by atoms with Gasteiger partial charge >= 0.3 is 0 Å². The first-order valence-corrected chi connectivity index (χ1v) is 8.24. The van der Waals surface area contributed by atoms with Gasteiger partial charge in [-0.1, -0.05) is 45.4 Å². The molecular weight excluding hydrogens is 236 g/mol. The van der Waals surface area contributed by atoms with E-state index in [1.54, 1.807) is 0 Å². The summed E-state index contributed by atoms with van der Waals surface area (Å²) in [5.41, 5.74) is 6.04. The van der Waals surface area contributed by atoms with Gasteiger partial charge in [0.05, 0.1) is 0 Å². The molecule has 3 atom stereocenters. The molecule has 0 radical (unpaired) electrons. The van der Waals surface area contributed by atoms with Crippen molar-refractivity contribution in [2.45, 2.75) is 83.2 Å². The zero-order valence-electron chi connectivity index (χ0n) is 13.0. The Balaban J connectivity index is 2.32. The van der Waals surface area contributed by atoms with E-state index >= 15 is 0 Å². The Morgan fingerprint density at radius 1 is 1.21 bits per heavy atom. The molecule has 1 aliphatic rings. The smallest absolute Gasteiger partial charge is 0.0474 e. The number of unbranched alkanes of at least 4 members (excludes halogenated alkanes) is 4. The minimum Gasteiger partial charge on any atom is -0.396 e. The minimum absolute atomic E-state index is 0.0502. The van der Waals surface area contributed by atoms with Gasteiger partial charge in [0.2, 0.25) is 0 Å². The summed E-state index contributed by atoms with van der Waals surface area (Å²) in [4.78, 5) is 0. The molecule has 4 N–H and O–H groups in total. The van der Waals surface area contributed by atoms with Crippen LogP contribution in [0.15, 0.2) is 0 Å². The van der Waals surface area contributed by atoms with Gasteiger partial charge in [-0.2, -0.15) is 0 Å². The van der Waals surface area contributed by atoms with Crippen molar-refractivity contribution in [1.82, 2.24) is 5.32 Å². The van der Waals surface area contributed by atoms with Crippen LogP contribution in [-0.4, -0.2) is 29.8 Å². The second kappa shape index (κ2) is 8.93. The molecule has 0 spiro atoms. The summed E-state index contributed by atoms with van der Waals surface area (Å²) in [6, 6.07) is 0.467. The van der Waals surface area contributed by atoms with E-state index in [0.717, 1.165) is 12.8 Å². The van der Waals surface area contributed by atoms with Crippen LogP contribution in [0.4, 0.5) is 0 Å². The van der Waals surface area contributed by atoms with Crippen LogP contribution in [0.2, 0.25) is 0 Å². The lowest BCUT2D eigenvalue weighted by molar-refractivity contribution is 0.180. The van der Waals surface area contributed by atoms with Crippen molar-refractivity contribution in [3.63, 3.8) is 0 Å². The third-order valence-corrected chi connectivity index (χ3v) is 4.71. The Morgan fingerprint density at radius 3 is 2.58 bits per heavy atom. The van der Waals surface area contributed by atoms with Crippen molar-refractivity contribution >= 4 is 0 Å². The second-order valence-corrected chi connectivity index (χ2v) is 6.55. The number of rotatable bonds is 10. The molecule has 0 amide bonds. The maximum absolute atomic E-state index is 9.41. The number of nitrogens with one attached hydrogen (secondary N) is 1. The quantitative estimate of drug-likeness (QED) is 0.535. The largest absolute Gasteiger partial charge is 0.396 e. The van der Waals surface area contributed by atoms with Crippen LogP contribution in [-0.2, 0) is 0 Å². The van der Waals surface area contributed by atoms with Gasteiger partial charge in [-0.15, -0.1) is 0 Å². The average molecular weight is 270 g/mol. The Labute approximate surface area is 119 Å². The highest BCUT2D eigenvalue weighted by Crippen LogP contribution is 2.28. The Kier molecular flexibility index (Phi) is 7.96. The molecular formula is C16H34N2O. The molecule has 0 saturated heterocycles. The summed E-state index contributed by atoms with van der Waals surface area (Å²) in [7, 11) is 0. The van der Waals surface area contributed by atoms with Gasteiger partial charge < -0.3 is 16.2 Å². The number of hydrogen-bond acceptors (Lipinski definition) is 3. The van der Waals surface area contributed by atoms with Crippen molar-refractivity contribution in [2.75, 3.05) is 13.2 Å². The van der Waals surface area contributed by atoms with Crippen LogP contribution >= 0.6 is 0 Å². The van der Waals surface area contributed by atoms with E-state index in [2.05, 4.69) is 19.2 Å². The molecule has 19 heavy (non-hydrogen) atoms. The highest BCUT2D eigenvalue weighted by atomic mass is 16.3. The predicted octanol–water partition coefficient (Wildman–Crippen LogP) is 2.81. The maximum Gasteiger partial charge on any atom is 0.0474 e. The van der Waals surface area contributed by atoms with Gasteiger partial charge in [-0.05, 0) is 32.1 Å². The maximum atomic E-state index is 9.41. The molecule has 114 valence electrons. The van der Waals surface area contributed by atoms with Gasteiger partial charge in [0, 0.05) is 24.7 Å². The van der Waals surface area contributed by atoms with Crippen molar-refractivity contribution in [2.24, 2.45) is 11.7 Å². The molecule has 1 fully saturated rings. The SMILES string of the molecule is CCCCCCCC(C)(CN)NC1CCCC1CO. The fourth-order valence-electron chi connectivity index (χ4n) is 3.24. The van der Waals surface area contributed by atoms with E-state index in [4.69, 9.17) is 5.73 Å². The summed E-state index contributed by atoms with van der Waals surface area (Å²) >= 11 is 0. The van der Waals surface area contributed by atoms with Gasteiger partial charge in [-0.3, -0.25) is 0 Å². The number of nitrogens with two attached hydrogens (primary N) is 1. The lowest BCUT2D eigenvalue weighted by Crippen LogP contribution is -2.54. The molecule has 0 heterocycles. The molecule has 1 rings (SSSR count). The monoisotopic (exact) mass is 270 g/mol. The molecule has 1 aliphatic carbocycles. The van der Waals surface area contributed by atoms with E-state index in [9.17, 15) is 5.11 Å². The first-order chi connectivity index (χ1) is 9.15. The zero-order valence-corrected chi connectivity index (χ0v) is 13.0. The summed E-state index contributed by atoms with van der Waals surface area (Å²) < 4.78 is 0.